The zero-order valence-corrected chi connectivity index (χ0v) is 14.4. The van der Waals surface area contributed by atoms with Crippen molar-refractivity contribution < 1.29 is 23.9 Å². The molecule has 2 amide bonds. The fourth-order valence-corrected chi connectivity index (χ4v) is 3.08. The van der Waals surface area contributed by atoms with Crippen molar-refractivity contribution >= 4 is 23.5 Å². The number of piperidine rings is 1. The maximum atomic E-state index is 12.8. The first kappa shape index (κ1) is 17.7. The molecule has 7 nitrogen and oxygen atoms in total. The fraction of sp³-hybridized carbons (Fsp3) is 0.316. The molecule has 26 heavy (non-hydrogen) atoms. The van der Waals surface area contributed by atoms with E-state index in [9.17, 15) is 19.5 Å². The van der Waals surface area contributed by atoms with Gasteiger partial charge in [-0.05, 0) is 56.0 Å². The van der Waals surface area contributed by atoms with Crippen LogP contribution in [0.2, 0.25) is 0 Å². The van der Waals surface area contributed by atoms with Crippen LogP contribution >= 0.6 is 0 Å². The van der Waals surface area contributed by atoms with Crippen molar-refractivity contribution in [2.45, 2.75) is 32.2 Å². The first-order chi connectivity index (χ1) is 12.5. The first-order valence-corrected chi connectivity index (χ1v) is 8.46. The minimum absolute atomic E-state index is 0.170. The van der Waals surface area contributed by atoms with Crippen molar-refractivity contribution in [3.63, 3.8) is 0 Å². The molecular formula is C19H20N2O5. The number of nitrogens with one attached hydrogen (secondary N) is 1. The van der Waals surface area contributed by atoms with Crippen LogP contribution in [0.25, 0.3) is 0 Å². The highest BCUT2D eigenvalue weighted by atomic mass is 16.4. The quantitative estimate of drug-likeness (QED) is 0.877. The molecule has 2 heterocycles. The standard InChI is InChI=1S/C19H20N2O5/c1-12-7-8-13(11-14(12)20-17(22)16-6-4-10-26-16)18(23)21-9-3-2-5-15(21)19(24)25/h4,6-8,10-11,15H,2-3,5,9H2,1H3,(H,20,22)(H,24,25). The molecule has 1 aromatic heterocycles. The van der Waals surface area contributed by atoms with Gasteiger partial charge in [0.2, 0.25) is 0 Å². The lowest BCUT2D eigenvalue weighted by atomic mass is 10.00. The molecule has 2 aromatic rings. The Morgan fingerprint density at radius 1 is 1.23 bits per heavy atom. The van der Waals surface area contributed by atoms with E-state index in [-0.39, 0.29) is 11.7 Å². The largest absolute Gasteiger partial charge is 0.480 e. The number of likely N-dealkylation sites (tertiary alicyclic amines) is 1. The normalized spacial score (nSPS) is 17.0. The molecule has 2 N–H and O–H groups in total. The highest BCUT2D eigenvalue weighted by molar-refractivity contribution is 6.04. The summed E-state index contributed by atoms with van der Waals surface area (Å²) in [7, 11) is 0. The lowest BCUT2D eigenvalue weighted by Crippen LogP contribution is -2.48. The highest BCUT2D eigenvalue weighted by Gasteiger charge is 2.32. The Bertz CT molecular complexity index is 828. The van der Waals surface area contributed by atoms with Crippen molar-refractivity contribution in [3.8, 4) is 0 Å². The van der Waals surface area contributed by atoms with Crippen LogP contribution in [-0.2, 0) is 4.79 Å². The molecule has 1 aliphatic heterocycles. The molecule has 0 aliphatic carbocycles. The van der Waals surface area contributed by atoms with E-state index in [1.54, 1.807) is 30.3 Å². The molecule has 1 unspecified atom stereocenters. The Hall–Kier alpha value is -3.09. The van der Waals surface area contributed by atoms with Crippen LogP contribution in [0.15, 0.2) is 41.0 Å². The lowest BCUT2D eigenvalue weighted by Gasteiger charge is -2.33. The zero-order valence-electron chi connectivity index (χ0n) is 14.4. The van der Waals surface area contributed by atoms with Crippen LogP contribution in [0.1, 0.15) is 45.7 Å². The van der Waals surface area contributed by atoms with Gasteiger partial charge in [0.15, 0.2) is 5.76 Å². The zero-order chi connectivity index (χ0) is 18.7. The van der Waals surface area contributed by atoms with E-state index in [1.807, 2.05) is 6.92 Å². The Morgan fingerprint density at radius 3 is 2.73 bits per heavy atom. The number of carboxylic acid groups (broad SMARTS) is 1. The van der Waals surface area contributed by atoms with Crippen LogP contribution in [0, 0.1) is 6.92 Å². The topological polar surface area (TPSA) is 99.9 Å². The molecule has 1 atom stereocenters. The molecule has 0 radical (unpaired) electrons. The average molecular weight is 356 g/mol. The SMILES string of the molecule is Cc1ccc(C(=O)N2CCCCC2C(=O)O)cc1NC(=O)c1ccco1. The van der Waals surface area contributed by atoms with Gasteiger partial charge in [-0.2, -0.15) is 0 Å². The number of aliphatic carboxylic acids is 1. The van der Waals surface area contributed by atoms with Crippen molar-refractivity contribution in [3.05, 3.63) is 53.5 Å². The van der Waals surface area contributed by atoms with Crippen LogP contribution in [-0.4, -0.2) is 40.4 Å². The third-order valence-corrected chi connectivity index (χ3v) is 4.53. The minimum Gasteiger partial charge on any atom is -0.480 e. The van der Waals surface area contributed by atoms with Gasteiger partial charge >= 0.3 is 5.97 Å². The van der Waals surface area contributed by atoms with Gasteiger partial charge in [-0.15, -0.1) is 0 Å². The summed E-state index contributed by atoms with van der Waals surface area (Å²) in [4.78, 5) is 37.8. The molecule has 1 aromatic carbocycles. The first-order valence-electron chi connectivity index (χ1n) is 8.46. The second-order valence-corrected chi connectivity index (χ2v) is 6.31. The average Bonchev–Trinajstić information content (AvgIpc) is 3.17. The van der Waals surface area contributed by atoms with E-state index in [0.717, 1.165) is 18.4 Å². The minimum atomic E-state index is -0.989. The lowest BCUT2D eigenvalue weighted by molar-refractivity contribution is -0.143. The van der Waals surface area contributed by atoms with Gasteiger partial charge in [0.25, 0.3) is 11.8 Å². The van der Waals surface area contributed by atoms with Crippen molar-refractivity contribution in [1.29, 1.82) is 0 Å². The number of aryl methyl sites for hydroxylation is 1. The third kappa shape index (κ3) is 3.61. The monoisotopic (exact) mass is 356 g/mol. The molecular weight excluding hydrogens is 336 g/mol. The summed E-state index contributed by atoms with van der Waals surface area (Å²) in [5, 5.41) is 12.1. The van der Waals surface area contributed by atoms with Gasteiger partial charge in [-0.3, -0.25) is 9.59 Å². The summed E-state index contributed by atoms with van der Waals surface area (Å²) in [5.74, 6) is -1.57. The Morgan fingerprint density at radius 2 is 2.04 bits per heavy atom. The number of carbonyl (C=O) groups is 3. The summed E-state index contributed by atoms with van der Waals surface area (Å²) >= 11 is 0. The van der Waals surface area contributed by atoms with Crippen LogP contribution in [0.4, 0.5) is 5.69 Å². The van der Waals surface area contributed by atoms with E-state index in [0.29, 0.717) is 24.2 Å². The summed E-state index contributed by atoms with van der Waals surface area (Å²) < 4.78 is 5.07. The number of carbonyl (C=O) groups excluding carboxylic acids is 2. The molecule has 1 aliphatic rings. The molecule has 1 saturated heterocycles. The van der Waals surface area contributed by atoms with Crippen LogP contribution in [0.5, 0.6) is 0 Å². The summed E-state index contributed by atoms with van der Waals surface area (Å²) in [6.45, 7) is 2.23. The van der Waals surface area contributed by atoms with Crippen LogP contribution in [0.3, 0.4) is 0 Å². The van der Waals surface area contributed by atoms with Crippen molar-refractivity contribution in [2.24, 2.45) is 0 Å². The smallest absolute Gasteiger partial charge is 0.326 e. The van der Waals surface area contributed by atoms with E-state index in [2.05, 4.69) is 5.32 Å². The number of rotatable bonds is 4. The van der Waals surface area contributed by atoms with Gasteiger partial charge in [0, 0.05) is 17.8 Å². The van der Waals surface area contributed by atoms with E-state index in [4.69, 9.17) is 4.42 Å². The van der Waals surface area contributed by atoms with Gasteiger partial charge < -0.3 is 19.7 Å². The number of benzene rings is 1. The second kappa shape index (κ2) is 7.43. The number of carboxylic acids is 1. The Kier molecular flexibility index (Phi) is 5.06. The maximum Gasteiger partial charge on any atom is 0.326 e. The number of amides is 2. The molecule has 0 spiro atoms. The van der Waals surface area contributed by atoms with Gasteiger partial charge in [0.1, 0.15) is 6.04 Å². The predicted molar refractivity (Wildman–Crippen MR) is 94.2 cm³/mol. The van der Waals surface area contributed by atoms with Gasteiger partial charge in [-0.1, -0.05) is 6.07 Å². The Labute approximate surface area is 150 Å². The van der Waals surface area contributed by atoms with Gasteiger partial charge in [-0.25, -0.2) is 4.79 Å². The predicted octanol–water partition coefficient (Wildman–Crippen LogP) is 2.92. The molecule has 7 heteroatoms. The summed E-state index contributed by atoms with van der Waals surface area (Å²) in [5.41, 5.74) is 1.62. The fourth-order valence-electron chi connectivity index (χ4n) is 3.08. The van der Waals surface area contributed by atoms with Crippen LogP contribution < -0.4 is 5.32 Å². The highest BCUT2D eigenvalue weighted by Crippen LogP contribution is 2.23. The maximum absolute atomic E-state index is 12.8. The molecule has 3 rings (SSSR count). The van der Waals surface area contributed by atoms with E-state index < -0.39 is 17.9 Å². The summed E-state index contributed by atoms with van der Waals surface area (Å²) in [6, 6.07) is 7.30. The number of nitrogens with zero attached hydrogens (tertiary/aromatic N) is 1. The van der Waals surface area contributed by atoms with E-state index in [1.165, 1.54) is 11.2 Å². The summed E-state index contributed by atoms with van der Waals surface area (Å²) in [6.07, 6.45) is 3.43. The van der Waals surface area contributed by atoms with E-state index >= 15 is 0 Å². The third-order valence-electron chi connectivity index (χ3n) is 4.53. The Balaban J connectivity index is 1.83. The number of anilines is 1. The molecule has 0 bridgehead atoms. The van der Waals surface area contributed by atoms with Gasteiger partial charge in [0.05, 0.1) is 6.26 Å². The molecule has 136 valence electrons. The number of hydrogen-bond acceptors (Lipinski definition) is 4. The van der Waals surface area contributed by atoms with Crippen molar-refractivity contribution in [2.75, 3.05) is 11.9 Å². The van der Waals surface area contributed by atoms with Crippen molar-refractivity contribution in [1.82, 2.24) is 4.90 Å². The number of hydrogen-bond donors (Lipinski definition) is 2. The number of furan rings is 1. The molecule has 0 saturated carbocycles. The molecule has 1 fully saturated rings. The second-order valence-electron chi connectivity index (χ2n) is 6.31.